The minimum absolute atomic E-state index is 0.0416. The van der Waals surface area contributed by atoms with Gasteiger partial charge in [0.15, 0.2) is 0 Å². The van der Waals surface area contributed by atoms with Gasteiger partial charge in [0, 0.05) is 6.04 Å². The fraction of sp³-hybridized carbons (Fsp3) is 0.529. The summed E-state index contributed by atoms with van der Waals surface area (Å²) in [5, 5.41) is 2.83. The van der Waals surface area contributed by atoms with E-state index in [2.05, 4.69) is 12.2 Å². The Labute approximate surface area is 125 Å². The van der Waals surface area contributed by atoms with Crippen LogP contribution in [0.1, 0.15) is 44.2 Å². The number of piperazine rings is 1. The number of carbonyl (C=O) groups is 2. The summed E-state index contributed by atoms with van der Waals surface area (Å²) >= 11 is 0. The van der Waals surface area contributed by atoms with Gasteiger partial charge in [0.1, 0.15) is 6.04 Å². The van der Waals surface area contributed by atoms with Gasteiger partial charge in [0.05, 0.1) is 6.54 Å². The van der Waals surface area contributed by atoms with Crippen LogP contribution in [0.15, 0.2) is 30.3 Å². The third kappa shape index (κ3) is 2.94. The van der Waals surface area contributed by atoms with Crippen LogP contribution in [0, 0.1) is 5.92 Å². The van der Waals surface area contributed by atoms with Crippen molar-refractivity contribution < 1.29 is 9.59 Å². The minimum atomic E-state index is -0.523. The maximum Gasteiger partial charge on any atom is 0.250 e. The van der Waals surface area contributed by atoms with Crippen LogP contribution in [0.5, 0.6) is 0 Å². The van der Waals surface area contributed by atoms with E-state index < -0.39 is 6.04 Å². The fourth-order valence-corrected chi connectivity index (χ4v) is 3.53. The van der Waals surface area contributed by atoms with Crippen molar-refractivity contribution in [1.29, 1.82) is 0 Å². The van der Waals surface area contributed by atoms with E-state index in [0.29, 0.717) is 5.92 Å². The molecule has 1 aromatic carbocycles. The lowest BCUT2D eigenvalue weighted by Crippen LogP contribution is -2.57. The number of amides is 2. The molecule has 2 amide bonds. The summed E-state index contributed by atoms with van der Waals surface area (Å²) in [4.78, 5) is 26.6. The molecule has 2 aliphatic rings. The number of hydrogen-bond acceptors (Lipinski definition) is 2. The molecule has 21 heavy (non-hydrogen) atoms. The zero-order valence-corrected chi connectivity index (χ0v) is 12.4. The molecule has 1 N–H and O–H groups in total. The first-order valence-electron chi connectivity index (χ1n) is 7.80. The summed E-state index contributed by atoms with van der Waals surface area (Å²) in [5.41, 5.74) is 0.865. The lowest BCUT2D eigenvalue weighted by molar-refractivity contribution is -0.147. The topological polar surface area (TPSA) is 49.4 Å². The Morgan fingerprint density at radius 1 is 1.14 bits per heavy atom. The van der Waals surface area contributed by atoms with Crippen LogP contribution in [0.4, 0.5) is 0 Å². The molecule has 3 atom stereocenters. The molecule has 4 nitrogen and oxygen atoms in total. The Balaban J connectivity index is 1.81. The van der Waals surface area contributed by atoms with Crippen LogP contribution in [0.3, 0.4) is 0 Å². The normalized spacial score (nSPS) is 30.1. The number of carbonyl (C=O) groups excluding carboxylic acids is 2. The van der Waals surface area contributed by atoms with Crippen LogP contribution < -0.4 is 5.32 Å². The van der Waals surface area contributed by atoms with Gasteiger partial charge < -0.3 is 10.2 Å². The van der Waals surface area contributed by atoms with E-state index in [1.807, 2.05) is 35.2 Å². The van der Waals surface area contributed by atoms with Gasteiger partial charge in [-0.1, -0.05) is 50.1 Å². The molecule has 1 aliphatic heterocycles. The summed E-state index contributed by atoms with van der Waals surface area (Å²) in [6, 6.07) is 9.21. The van der Waals surface area contributed by atoms with Crippen molar-refractivity contribution in [2.75, 3.05) is 6.54 Å². The van der Waals surface area contributed by atoms with Crippen molar-refractivity contribution in [2.45, 2.75) is 44.7 Å². The standard InChI is InChI=1S/C17H22N2O2/c1-12-6-5-9-14(10-12)19-11-15(20)18-16(17(19)21)13-7-3-2-4-8-13/h2-4,7-8,12,14,16H,5-6,9-11H2,1H3,(H,18,20). The fourth-order valence-electron chi connectivity index (χ4n) is 3.53. The average molecular weight is 286 g/mol. The molecule has 112 valence electrons. The van der Waals surface area contributed by atoms with Gasteiger partial charge in [-0.2, -0.15) is 0 Å². The number of rotatable bonds is 2. The molecule has 0 radical (unpaired) electrons. The van der Waals surface area contributed by atoms with E-state index in [9.17, 15) is 9.59 Å². The molecule has 0 bridgehead atoms. The zero-order chi connectivity index (χ0) is 14.8. The third-order valence-electron chi connectivity index (χ3n) is 4.63. The highest BCUT2D eigenvalue weighted by Crippen LogP contribution is 2.30. The van der Waals surface area contributed by atoms with E-state index >= 15 is 0 Å². The number of nitrogens with zero attached hydrogens (tertiary/aromatic N) is 1. The van der Waals surface area contributed by atoms with E-state index in [4.69, 9.17) is 0 Å². The highest BCUT2D eigenvalue weighted by molar-refractivity contribution is 5.95. The molecule has 1 saturated carbocycles. The highest BCUT2D eigenvalue weighted by Gasteiger charge is 2.38. The average Bonchev–Trinajstić information content (AvgIpc) is 2.50. The molecule has 4 heteroatoms. The molecule has 1 heterocycles. The third-order valence-corrected chi connectivity index (χ3v) is 4.63. The first-order chi connectivity index (χ1) is 10.1. The lowest BCUT2D eigenvalue weighted by atomic mass is 9.85. The van der Waals surface area contributed by atoms with Gasteiger partial charge in [-0.25, -0.2) is 0 Å². The molecule has 3 rings (SSSR count). The van der Waals surface area contributed by atoms with Gasteiger partial charge >= 0.3 is 0 Å². The molecular weight excluding hydrogens is 264 g/mol. The number of nitrogens with one attached hydrogen (secondary N) is 1. The summed E-state index contributed by atoms with van der Waals surface area (Å²) in [5.74, 6) is 0.623. The van der Waals surface area contributed by atoms with Gasteiger partial charge in [0.2, 0.25) is 5.91 Å². The molecule has 3 unspecified atom stereocenters. The van der Waals surface area contributed by atoms with Crippen LogP contribution in [-0.2, 0) is 9.59 Å². The van der Waals surface area contributed by atoms with E-state index in [0.717, 1.165) is 24.8 Å². The van der Waals surface area contributed by atoms with Crippen LogP contribution in [0.25, 0.3) is 0 Å². The Morgan fingerprint density at radius 2 is 1.90 bits per heavy atom. The smallest absolute Gasteiger partial charge is 0.250 e. The Bertz CT molecular complexity index is 529. The SMILES string of the molecule is CC1CCCC(N2CC(=O)NC(c3ccccc3)C2=O)C1. The highest BCUT2D eigenvalue weighted by atomic mass is 16.2. The molecule has 0 aromatic heterocycles. The molecule has 2 fully saturated rings. The van der Waals surface area contributed by atoms with E-state index in [1.165, 1.54) is 6.42 Å². The minimum Gasteiger partial charge on any atom is -0.339 e. The lowest BCUT2D eigenvalue weighted by Gasteiger charge is -2.41. The van der Waals surface area contributed by atoms with Crippen LogP contribution in [0.2, 0.25) is 0 Å². The second-order valence-electron chi connectivity index (χ2n) is 6.30. The molecule has 0 spiro atoms. The molecule has 1 saturated heterocycles. The number of hydrogen-bond donors (Lipinski definition) is 1. The summed E-state index contributed by atoms with van der Waals surface area (Å²) in [6.07, 6.45) is 4.41. The maximum absolute atomic E-state index is 12.8. The second kappa shape index (κ2) is 5.88. The number of benzene rings is 1. The molecule has 1 aromatic rings. The van der Waals surface area contributed by atoms with E-state index in [1.54, 1.807) is 0 Å². The van der Waals surface area contributed by atoms with Gasteiger partial charge in [-0.05, 0) is 24.3 Å². The quantitative estimate of drug-likeness (QED) is 0.906. The Hall–Kier alpha value is -1.84. The second-order valence-corrected chi connectivity index (χ2v) is 6.30. The monoisotopic (exact) mass is 286 g/mol. The largest absolute Gasteiger partial charge is 0.339 e. The summed E-state index contributed by atoms with van der Waals surface area (Å²) in [6.45, 7) is 2.44. The van der Waals surface area contributed by atoms with Crippen LogP contribution >= 0.6 is 0 Å². The first-order valence-corrected chi connectivity index (χ1v) is 7.80. The van der Waals surface area contributed by atoms with Gasteiger partial charge in [-0.15, -0.1) is 0 Å². The van der Waals surface area contributed by atoms with Crippen molar-refractivity contribution in [3.05, 3.63) is 35.9 Å². The maximum atomic E-state index is 12.8. The first kappa shape index (κ1) is 14.1. The predicted molar refractivity (Wildman–Crippen MR) is 80.5 cm³/mol. The van der Waals surface area contributed by atoms with E-state index in [-0.39, 0.29) is 24.4 Å². The van der Waals surface area contributed by atoms with Gasteiger partial charge in [0.25, 0.3) is 5.91 Å². The summed E-state index contributed by atoms with van der Waals surface area (Å²) < 4.78 is 0. The Kier molecular flexibility index (Phi) is 3.95. The molecule has 1 aliphatic carbocycles. The van der Waals surface area contributed by atoms with Crippen molar-refractivity contribution in [2.24, 2.45) is 5.92 Å². The zero-order valence-electron chi connectivity index (χ0n) is 12.4. The predicted octanol–water partition coefficient (Wildman–Crippen LogP) is 2.26. The Morgan fingerprint density at radius 3 is 2.62 bits per heavy atom. The van der Waals surface area contributed by atoms with Crippen LogP contribution in [-0.4, -0.2) is 29.3 Å². The summed E-state index contributed by atoms with van der Waals surface area (Å²) in [7, 11) is 0. The molecular formula is C17H22N2O2. The van der Waals surface area contributed by atoms with Gasteiger partial charge in [-0.3, -0.25) is 9.59 Å². The van der Waals surface area contributed by atoms with Crippen molar-refractivity contribution in [3.8, 4) is 0 Å². The van der Waals surface area contributed by atoms with Crippen molar-refractivity contribution in [1.82, 2.24) is 10.2 Å². The van der Waals surface area contributed by atoms with Crippen molar-refractivity contribution >= 4 is 11.8 Å². The van der Waals surface area contributed by atoms with Crippen molar-refractivity contribution in [3.63, 3.8) is 0 Å².